The average Bonchev–Trinajstić information content (AvgIpc) is 2.16. The van der Waals surface area contributed by atoms with E-state index in [4.69, 9.17) is 5.11 Å². The average molecular weight is 319 g/mol. The van der Waals surface area contributed by atoms with Gasteiger partial charge in [0.1, 0.15) is 0 Å². The Morgan fingerprint density at radius 2 is 2.20 bits per heavy atom. The Labute approximate surface area is 98.7 Å². The molecule has 5 nitrogen and oxygen atoms in total. The Morgan fingerprint density at radius 1 is 1.53 bits per heavy atom. The molecular weight excluding hydrogens is 313 g/mol. The summed E-state index contributed by atoms with van der Waals surface area (Å²) >= 11 is 1.85. The minimum atomic E-state index is -1.09. The Hall–Kier alpha value is -1.44. The molecule has 0 saturated carbocycles. The van der Waals surface area contributed by atoms with Gasteiger partial charge in [0.05, 0.1) is 8.49 Å². The number of hydrogen-bond donors (Lipinski definition) is 1. The summed E-state index contributed by atoms with van der Waals surface area (Å²) in [6.45, 7) is 0. The van der Waals surface area contributed by atoms with Crippen molar-refractivity contribution in [2.75, 3.05) is 0 Å². The highest BCUT2D eigenvalue weighted by molar-refractivity contribution is 14.1. The Kier molecular flexibility index (Phi) is 3.78. The number of nitrogens with zero attached hydrogens (tertiary/aromatic N) is 1. The second kappa shape index (κ2) is 4.87. The molecule has 1 rings (SSSR count). The van der Waals surface area contributed by atoms with Gasteiger partial charge in [-0.15, -0.1) is 0 Å². The lowest BCUT2D eigenvalue weighted by atomic mass is 10.2. The third-order valence-electron chi connectivity index (χ3n) is 1.59. The summed E-state index contributed by atoms with van der Waals surface area (Å²) < 4.78 is 0.519. The Balaban J connectivity index is 3.08. The highest BCUT2D eigenvalue weighted by atomic mass is 127. The number of aliphatic carboxylic acids is 1. The fourth-order valence-corrected chi connectivity index (χ4v) is 1.47. The number of rotatable bonds is 3. The van der Waals surface area contributed by atoms with Gasteiger partial charge in [-0.1, -0.05) is 6.07 Å². The van der Waals surface area contributed by atoms with Gasteiger partial charge >= 0.3 is 5.97 Å². The number of nitro groups is 1. The van der Waals surface area contributed by atoms with E-state index in [1.165, 1.54) is 12.1 Å². The van der Waals surface area contributed by atoms with Crippen LogP contribution in [0.4, 0.5) is 5.69 Å². The van der Waals surface area contributed by atoms with Gasteiger partial charge in [-0.05, 0) is 40.3 Å². The second-order valence-electron chi connectivity index (χ2n) is 2.64. The molecule has 0 fully saturated rings. The first-order chi connectivity index (χ1) is 7.00. The number of carboxylic acids is 1. The summed E-state index contributed by atoms with van der Waals surface area (Å²) in [4.78, 5) is 20.3. The van der Waals surface area contributed by atoms with Crippen LogP contribution >= 0.6 is 22.6 Å². The van der Waals surface area contributed by atoms with Gasteiger partial charge in [-0.25, -0.2) is 4.79 Å². The monoisotopic (exact) mass is 319 g/mol. The van der Waals surface area contributed by atoms with E-state index in [0.717, 1.165) is 6.08 Å². The zero-order valence-corrected chi connectivity index (χ0v) is 9.54. The molecule has 15 heavy (non-hydrogen) atoms. The van der Waals surface area contributed by atoms with Gasteiger partial charge < -0.3 is 5.11 Å². The molecule has 1 aromatic rings. The molecule has 0 aliphatic heterocycles. The molecule has 0 saturated heterocycles. The first-order valence-corrected chi connectivity index (χ1v) is 4.93. The molecule has 0 aliphatic carbocycles. The molecule has 0 unspecified atom stereocenters. The van der Waals surface area contributed by atoms with Crippen LogP contribution in [0.25, 0.3) is 6.08 Å². The molecule has 0 aromatic heterocycles. The van der Waals surface area contributed by atoms with Crippen LogP contribution in [-0.2, 0) is 4.79 Å². The van der Waals surface area contributed by atoms with E-state index in [0.29, 0.717) is 9.13 Å². The lowest BCUT2D eigenvalue weighted by Crippen LogP contribution is -1.92. The molecule has 1 N–H and O–H groups in total. The molecule has 0 amide bonds. The lowest BCUT2D eigenvalue weighted by Gasteiger charge is -1.96. The molecular formula is C9H6INO4. The van der Waals surface area contributed by atoms with Gasteiger partial charge in [0.2, 0.25) is 0 Å². The van der Waals surface area contributed by atoms with E-state index in [1.807, 2.05) is 22.6 Å². The van der Waals surface area contributed by atoms with E-state index in [1.54, 1.807) is 12.1 Å². The highest BCUT2D eigenvalue weighted by Crippen LogP contribution is 2.22. The molecule has 0 bridgehead atoms. The smallest absolute Gasteiger partial charge is 0.328 e. The standard InChI is InChI=1S/C9H6INO4/c10-7-3-1-6(2-4-9(12)13)5-8(7)11(14)15/h1-5H,(H,12,13)/b4-2+. The van der Waals surface area contributed by atoms with E-state index in [9.17, 15) is 14.9 Å². The number of halogens is 1. The van der Waals surface area contributed by atoms with Crippen molar-refractivity contribution in [3.8, 4) is 0 Å². The van der Waals surface area contributed by atoms with Crippen LogP contribution in [0.2, 0.25) is 0 Å². The van der Waals surface area contributed by atoms with Crippen LogP contribution in [0.5, 0.6) is 0 Å². The largest absolute Gasteiger partial charge is 0.478 e. The van der Waals surface area contributed by atoms with Crippen molar-refractivity contribution in [1.29, 1.82) is 0 Å². The van der Waals surface area contributed by atoms with Gasteiger partial charge in [-0.2, -0.15) is 0 Å². The van der Waals surface area contributed by atoms with Crippen molar-refractivity contribution in [3.63, 3.8) is 0 Å². The van der Waals surface area contributed by atoms with E-state index < -0.39 is 10.9 Å². The summed E-state index contributed by atoms with van der Waals surface area (Å²) in [5.41, 5.74) is 0.465. The van der Waals surface area contributed by atoms with Crippen LogP contribution in [0.3, 0.4) is 0 Å². The maximum Gasteiger partial charge on any atom is 0.328 e. The minimum Gasteiger partial charge on any atom is -0.478 e. The summed E-state index contributed by atoms with van der Waals surface area (Å²) in [5, 5.41) is 19.0. The van der Waals surface area contributed by atoms with Gasteiger partial charge in [-0.3, -0.25) is 10.1 Å². The van der Waals surface area contributed by atoms with E-state index in [-0.39, 0.29) is 5.69 Å². The maximum atomic E-state index is 10.6. The fourth-order valence-electron chi connectivity index (χ4n) is 0.941. The fraction of sp³-hybridized carbons (Fsp3) is 0. The number of hydrogen-bond acceptors (Lipinski definition) is 3. The first-order valence-electron chi connectivity index (χ1n) is 3.85. The summed E-state index contributed by atoms with van der Waals surface area (Å²) in [6, 6.07) is 4.52. The Bertz CT molecular complexity index is 442. The van der Waals surface area contributed by atoms with Crippen LogP contribution in [0.1, 0.15) is 5.56 Å². The molecule has 0 heterocycles. The molecule has 0 radical (unpaired) electrons. The number of nitro benzene ring substituents is 1. The second-order valence-corrected chi connectivity index (χ2v) is 3.80. The highest BCUT2D eigenvalue weighted by Gasteiger charge is 2.10. The van der Waals surface area contributed by atoms with Crippen molar-refractivity contribution in [1.82, 2.24) is 0 Å². The van der Waals surface area contributed by atoms with Crippen molar-refractivity contribution in [3.05, 3.63) is 43.5 Å². The molecule has 1 aromatic carbocycles. The van der Waals surface area contributed by atoms with Gasteiger partial charge in [0.15, 0.2) is 0 Å². The minimum absolute atomic E-state index is 0.0249. The van der Waals surface area contributed by atoms with Crippen molar-refractivity contribution < 1.29 is 14.8 Å². The molecule has 6 heteroatoms. The summed E-state index contributed by atoms with van der Waals surface area (Å²) in [5.74, 6) is -1.09. The third kappa shape index (κ3) is 3.31. The van der Waals surface area contributed by atoms with E-state index in [2.05, 4.69) is 0 Å². The van der Waals surface area contributed by atoms with Gasteiger partial charge in [0, 0.05) is 12.1 Å². The summed E-state index contributed by atoms with van der Waals surface area (Å²) in [7, 11) is 0. The van der Waals surface area contributed by atoms with Crippen molar-refractivity contribution >= 4 is 40.3 Å². The maximum absolute atomic E-state index is 10.6. The third-order valence-corrected chi connectivity index (χ3v) is 2.50. The zero-order chi connectivity index (χ0) is 11.4. The Morgan fingerprint density at radius 3 is 2.73 bits per heavy atom. The summed E-state index contributed by atoms with van der Waals surface area (Å²) in [6.07, 6.45) is 2.25. The normalized spacial score (nSPS) is 10.5. The van der Waals surface area contributed by atoms with Crippen molar-refractivity contribution in [2.24, 2.45) is 0 Å². The van der Waals surface area contributed by atoms with E-state index >= 15 is 0 Å². The molecule has 0 atom stereocenters. The lowest BCUT2D eigenvalue weighted by molar-refractivity contribution is -0.385. The van der Waals surface area contributed by atoms with Crippen LogP contribution < -0.4 is 0 Å². The topological polar surface area (TPSA) is 80.4 Å². The van der Waals surface area contributed by atoms with Crippen LogP contribution in [0, 0.1) is 13.7 Å². The molecule has 78 valence electrons. The SMILES string of the molecule is O=C(O)/C=C/c1ccc(I)c([N+](=O)[O-])c1. The van der Waals surface area contributed by atoms with Crippen LogP contribution in [0.15, 0.2) is 24.3 Å². The number of benzene rings is 1. The van der Waals surface area contributed by atoms with Crippen molar-refractivity contribution in [2.45, 2.75) is 0 Å². The quantitative estimate of drug-likeness (QED) is 0.401. The predicted octanol–water partition coefficient (Wildman–Crippen LogP) is 2.30. The van der Waals surface area contributed by atoms with Crippen LogP contribution in [-0.4, -0.2) is 16.0 Å². The number of carboxylic acid groups (broad SMARTS) is 1. The predicted molar refractivity (Wildman–Crippen MR) is 62.5 cm³/mol. The first kappa shape index (κ1) is 11.6. The number of carbonyl (C=O) groups is 1. The molecule has 0 spiro atoms. The van der Waals surface area contributed by atoms with Gasteiger partial charge in [0.25, 0.3) is 5.69 Å². The zero-order valence-electron chi connectivity index (χ0n) is 7.38. The molecule has 0 aliphatic rings.